The molecule has 68 valence electrons. The van der Waals surface area contributed by atoms with Crippen LogP contribution in [0.25, 0.3) is 16.4 Å². The Morgan fingerprint density at radius 3 is 3.00 bits per heavy atom. The molecule has 14 heavy (non-hydrogen) atoms. The van der Waals surface area contributed by atoms with Crippen molar-refractivity contribution in [3.8, 4) is 0 Å². The zero-order valence-corrected chi connectivity index (χ0v) is 8.77. The Kier molecular flexibility index (Phi) is 1.58. The topological polar surface area (TPSA) is 30.2 Å². The molecule has 0 aliphatic heterocycles. The lowest BCUT2D eigenvalue weighted by Gasteiger charge is -2.00. The maximum absolute atomic E-state index is 4.22. The van der Waals surface area contributed by atoms with Gasteiger partial charge < -0.3 is 0 Å². The van der Waals surface area contributed by atoms with Crippen molar-refractivity contribution in [3.05, 3.63) is 41.3 Å². The van der Waals surface area contributed by atoms with E-state index in [1.807, 2.05) is 30.5 Å². The van der Waals surface area contributed by atoms with E-state index in [9.17, 15) is 0 Å². The van der Waals surface area contributed by atoms with Gasteiger partial charge in [0.15, 0.2) is 5.65 Å². The molecule has 0 aliphatic rings. The minimum atomic E-state index is 0.892. The van der Waals surface area contributed by atoms with Crippen molar-refractivity contribution in [3.63, 3.8) is 0 Å². The molecular weight excluding hydrogens is 242 g/mol. The summed E-state index contributed by atoms with van der Waals surface area (Å²) in [6.07, 6.45) is 3.48. The molecule has 0 amide bonds. The molecule has 3 nitrogen and oxygen atoms in total. The molecule has 3 aromatic rings. The van der Waals surface area contributed by atoms with Gasteiger partial charge in [-0.2, -0.15) is 5.10 Å². The molecule has 0 aliphatic carbocycles. The van der Waals surface area contributed by atoms with Gasteiger partial charge in [-0.3, -0.25) is 0 Å². The molecule has 4 heteroatoms. The average Bonchev–Trinajstić information content (AvgIpc) is 2.66. The molecular formula is C10H6BrN3. The number of nitrogens with zero attached hydrogens (tertiary/aromatic N) is 3. The maximum atomic E-state index is 4.22. The van der Waals surface area contributed by atoms with Crippen LogP contribution in [0.4, 0.5) is 0 Å². The molecule has 3 rings (SSSR count). The summed E-state index contributed by atoms with van der Waals surface area (Å²) in [6.45, 7) is 0. The number of rotatable bonds is 0. The van der Waals surface area contributed by atoms with E-state index in [0.717, 1.165) is 20.9 Å². The van der Waals surface area contributed by atoms with Crippen LogP contribution >= 0.6 is 15.9 Å². The predicted molar refractivity (Wildman–Crippen MR) is 58.2 cm³/mol. The van der Waals surface area contributed by atoms with E-state index in [2.05, 4.69) is 26.0 Å². The number of aromatic nitrogens is 3. The van der Waals surface area contributed by atoms with Crippen molar-refractivity contribution in [2.75, 3.05) is 0 Å². The number of hydrogen-bond donors (Lipinski definition) is 0. The fourth-order valence-electron chi connectivity index (χ4n) is 1.60. The lowest BCUT2D eigenvalue weighted by Crippen LogP contribution is -1.87. The first-order chi connectivity index (χ1) is 6.86. The van der Waals surface area contributed by atoms with E-state index in [1.54, 1.807) is 10.8 Å². The van der Waals surface area contributed by atoms with Gasteiger partial charge in [-0.1, -0.05) is 28.1 Å². The van der Waals surface area contributed by atoms with Crippen LogP contribution in [0.3, 0.4) is 0 Å². The molecule has 1 aromatic carbocycles. The van der Waals surface area contributed by atoms with E-state index in [0.29, 0.717) is 0 Å². The second kappa shape index (κ2) is 2.78. The van der Waals surface area contributed by atoms with Crippen LogP contribution in [0, 0.1) is 0 Å². The summed E-state index contributed by atoms with van der Waals surface area (Å²) in [4.78, 5) is 4.22. The molecule has 0 unspecified atom stereocenters. The number of halogens is 1. The van der Waals surface area contributed by atoms with Gasteiger partial charge in [-0.15, -0.1) is 0 Å². The minimum absolute atomic E-state index is 0.892. The molecule has 0 fully saturated rings. The van der Waals surface area contributed by atoms with E-state index < -0.39 is 0 Å². The smallest absolute Gasteiger partial charge is 0.163 e. The summed E-state index contributed by atoms with van der Waals surface area (Å²) in [6, 6.07) is 8.10. The summed E-state index contributed by atoms with van der Waals surface area (Å²) in [5, 5.41) is 6.36. The summed E-state index contributed by atoms with van der Waals surface area (Å²) >= 11 is 3.51. The standard InChI is InChI=1S/C10H6BrN3/c11-9-3-1-2-8-7(9)4-5-14-10(8)12-6-13-14/h1-6H. The fourth-order valence-corrected chi connectivity index (χ4v) is 2.10. The van der Waals surface area contributed by atoms with Crippen molar-refractivity contribution in [2.24, 2.45) is 0 Å². The van der Waals surface area contributed by atoms with Crippen LogP contribution in [0.15, 0.2) is 41.3 Å². The van der Waals surface area contributed by atoms with Crippen LogP contribution < -0.4 is 0 Å². The minimum Gasteiger partial charge on any atom is -0.221 e. The van der Waals surface area contributed by atoms with Gasteiger partial charge >= 0.3 is 0 Å². The van der Waals surface area contributed by atoms with Crippen molar-refractivity contribution in [1.29, 1.82) is 0 Å². The normalized spacial score (nSPS) is 11.2. The van der Waals surface area contributed by atoms with Gasteiger partial charge in [0.25, 0.3) is 0 Å². The summed E-state index contributed by atoms with van der Waals surface area (Å²) in [5.74, 6) is 0. The quantitative estimate of drug-likeness (QED) is 0.612. The molecule has 0 radical (unpaired) electrons. The third kappa shape index (κ3) is 0.974. The average molecular weight is 248 g/mol. The molecule has 0 N–H and O–H groups in total. The first-order valence-corrected chi connectivity index (χ1v) is 5.02. The zero-order chi connectivity index (χ0) is 9.54. The van der Waals surface area contributed by atoms with Gasteiger partial charge in [-0.05, 0) is 12.1 Å². The van der Waals surface area contributed by atoms with Crippen molar-refractivity contribution in [2.45, 2.75) is 0 Å². The predicted octanol–water partition coefficient (Wildman–Crippen LogP) is 2.65. The van der Waals surface area contributed by atoms with E-state index in [-0.39, 0.29) is 0 Å². The Labute approximate surface area is 88.5 Å². The monoisotopic (exact) mass is 247 g/mol. The first kappa shape index (κ1) is 7.94. The zero-order valence-electron chi connectivity index (χ0n) is 7.18. The van der Waals surface area contributed by atoms with Crippen LogP contribution in [-0.4, -0.2) is 14.6 Å². The first-order valence-electron chi connectivity index (χ1n) is 4.23. The molecule has 0 saturated heterocycles. The van der Waals surface area contributed by atoms with Crippen molar-refractivity contribution in [1.82, 2.24) is 14.6 Å². The van der Waals surface area contributed by atoms with Crippen molar-refractivity contribution >= 4 is 32.3 Å². The second-order valence-corrected chi connectivity index (χ2v) is 3.90. The maximum Gasteiger partial charge on any atom is 0.163 e. The fraction of sp³-hybridized carbons (Fsp3) is 0. The number of benzene rings is 1. The second-order valence-electron chi connectivity index (χ2n) is 3.05. The third-order valence-electron chi connectivity index (χ3n) is 2.25. The summed E-state index contributed by atoms with van der Waals surface area (Å²) in [7, 11) is 0. The lowest BCUT2D eigenvalue weighted by atomic mass is 10.2. The molecule has 2 aromatic heterocycles. The molecule has 0 bridgehead atoms. The highest BCUT2D eigenvalue weighted by Gasteiger charge is 2.03. The Morgan fingerprint density at radius 2 is 2.07 bits per heavy atom. The van der Waals surface area contributed by atoms with Gasteiger partial charge in [-0.25, -0.2) is 9.50 Å². The van der Waals surface area contributed by atoms with Gasteiger partial charge in [0, 0.05) is 21.4 Å². The highest BCUT2D eigenvalue weighted by molar-refractivity contribution is 9.10. The Hall–Kier alpha value is -1.42. The van der Waals surface area contributed by atoms with E-state index in [4.69, 9.17) is 0 Å². The largest absolute Gasteiger partial charge is 0.221 e. The highest BCUT2D eigenvalue weighted by Crippen LogP contribution is 2.25. The summed E-state index contributed by atoms with van der Waals surface area (Å²) < 4.78 is 2.86. The Balaban J connectivity index is 2.64. The Bertz CT molecular complexity index is 615. The van der Waals surface area contributed by atoms with Gasteiger partial charge in [0.1, 0.15) is 6.33 Å². The number of pyridine rings is 1. The highest BCUT2D eigenvalue weighted by atomic mass is 79.9. The molecule has 2 heterocycles. The van der Waals surface area contributed by atoms with Crippen LogP contribution in [0.1, 0.15) is 0 Å². The number of fused-ring (bicyclic) bond motifs is 3. The van der Waals surface area contributed by atoms with Crippen molar-refractivity contribution < 1.29 is 0 Å². The van der Waals surface area contributed by atoms with E-state index >= 15 is 0 Å². The van der Waals surface area contributed by atoms with E-state index in [1.165, 1.54) is 0 Å². The SMILES string of the molecule is Brc1cccc2c1ccn1ncnc21. The van der Waals surface area contributed by atoms with Crippen LogP contribution in [-0.2, 0) is 0 Å². The summed E-state index contributed by atoms with van der Waals surface area (Å²) in [5.41, 5.74) is 0.892. The van der Waals surface area contributed by atoms with Crippen LogP contribution in [0.2, 0.25) is 0 Å². The molecule has 0 spiro atoms. The number of hydrogen-bond acceptors (Lipinski definition) is 2. The van der Waals surface area contributed by atoms with Gasteiger partial charge in [0.2, 0.25) is 0 Å². The van der Waals surface area contributed by atoms with Crippen LogP contribution in [0.5, 0.6) is 0 Å². The van der Waals surface area contributed by atoms with Gasteiger partial charge in [0.05, 0.1) is 0 Å². The molecule has 0 saturated carbocycles. The lowest BCUT2D eigenvalue weighted by molar-refractivity contribution is 0.966. The third-order valence-corrected chi connectivity index (χ3v) is 2.94. The molecule has 0 atom stereocenters. The Morgan fingerprint density at radius 1 is 1.14 bits per heavy atom.